The SMILES string of the molecule is CC(=O)OC1CCC(C=O)C1CCSc1nc(C(=O)O)cs1. The highest BCUT2D eigenvalue weighted by molar-refractivity contribution is 8.01. The fraction of sp³-hybridized carbons (Fsp3) is 0.571. The van der Waals surface area contributed by atoms with Gasteiger partial charge >= 0.3 is 11.9 Å². The van der Waals surface area contributed by atoms with Crippen molar-refractivity contribution in [2.45, 2.75) is 36.6 Å². The minimum atomic E-state index is -1.03. The van der Waals surface area contributed by atoms with Crippen LogP contribution in [-0.2, 0) is 14.3 Å². The van der Waals surface area contributed by atoms with Crippen LogP contribution in [0.15, 0.2) is 9.72 Å². The Morgan fingerprint density at radius 1 is 1.55 bits per heavy atom. The number of carbonyl (C=O) groups excluding carboxylic acids is 2. The third kappa shape index (κ3) is 4.30. The Bertz CT molecular complexity index is 559. The van der Waals surface area contributed by atoms with Crippen LogP contribution >= 0.6 is 23.1 Å². The second-order valence-corrected chi connectivity index (χ2v) is 7.33. The molecule has 120 valence electrons. The Morgan fingerprint density at radius 3 is 2.91 bits per heavy atom. The van der Waals surface area contributed by atoms with Crippen molar-refractivity contribution in [1.82, 2.24) is 4.98 Å². The average Bonchev–Trinajstić information content (AvgIpc) is 3.06. The third-order valence-electron chi connectivity index (χ3n) is 3.68. The highest BCUT2D eigenvalue weighted by atomic mass is 32.2. The molecule has 0 bridgehead atoms. The number of carboxylic acids is 1. The molecule has 0 amide bonds. The minimum Gasteiger partial charge on any atom is -0.476 e. The molecular weight excluding hydrogens is 326 g/mol. The van der Waals surface area contributed by atoms with E-state index >= 15 is 0 Å². The Balaban J connectivity index is 1.88. The Hall–Kier alpha value is -1.41. The van der Waals surface area contributed by atoms with Crippen molar-refractivity contribution in [2.75, 3.05) is 5.75 Å². The van der Waals surface area contributed by atoms with E-state index in [-0.39, 0.29) is 29.6 Å². The maximum atomic E-state index is 11.1. The second kappa shape index (κ2) is 7.73. The standard InChI is InChI=1S/C14H17NO5S2/c1-8(17)20-12-3-2-9(6-16)10(12)4-5-21-14-15-11(7-22-14)13(18)19/h6-7,9-10,12H,2-5H2,1H3,(H,18,19). The number of aromatic nitrogens is 1. The van der Waals surface area contributed by atoms with Crippen LogP contribution in [0.1, 0.15) is 36.7 Å². The maximum Gasteiger partial charge on any atom is 0.355 e. The monoisotopic (exact) mass is 343 g/mol. The van der Waals surface area contributed by atoms with E-state index in [4.69, 9.17) is 9.84 Å². The van der Waals surface area contributed by atoms with Gasteiger partial charge in [-0.2, -0.15) is 0 Å². The van der Waals surface area contributed by atoms with Gasteiger partial charge in [-0.25, -0.2) is 9.78 Å². The summed E-state index contributed by atoms with van der Waals surface area (Å²) < 4.78 is 5.99. The second-order valence-electron chi connectivity index (χ2n) is 5.13. The van der Waals surface area contributed by atoms with Crippen LogP contribution < -0.4 is 0 Å². The van der Waals surface area contributed by atoms with E-state index in [1.54, 1.807) is 0 Å². The zero-order chi connectivity index (χ0) is 16.1. The summed E-state index contributed by atoms with van der Waals surface area (Å²) in [6, 6.07) is 0. The van der Waals surface area contributed by atoms with Crippen LogP contribution in [0.25, 0.3) is 0 Å². The van der Waals surface area contributed by atoms with Gasteiger partial charge in [0.15, 0.2) is 10.0 Å². The van der Waals surface area contributed by atoms with Gasteiger partial charge < -0.3 is 14.6 Å². The van der Waals surface area contributed by atoms with Crippen molar-refractivity contribution in [3.63, 3.8) is 0 Å². The third-order valence-corrected chi connectivity index (χ3v) is 5.74. The number of carbonyl (C=O) groups is 3. The molecular formula is C14H17NO5S2. The van der Waals surface area contributed by atoms with E-state index in [0.717, 1.165) is 25.5 Å². The molecule has 0 aliphatic heterocycles. The van der Waals surface area contributed by atoms with Crippen LogP contribution in [0, 0.1) is 11.8 Å². The number of carboxylic acid groups (broad SMARTS) is 1. The van der Waals surface area contributed by atoms with Crippen molar-refractivity contribution in [3.05, 3.63) is 11.1 Å². The molecule has 0 radical (unpaired) electrons. The predicted molar refractivity (Wildman–Crippen MR) is 82.2 cm³/mol. The summed E-state index contributed by atoms with van der Waals surface area (Å²) in [6.07, 6.45) is 2.95. The highest BCUT2D eigenvalue weighted by Crippen LogP contribution is 2.37. The van der Waals surface area contributed by atoms with E-state index in [0.29, 0.717) is 10.1 Å². The van der Waals surface area contributed by atoms with Gasteiger partial charge in [0.05, 0.1) is 0 Å². The first-order valence-corrected chi connectivity index (χ1v) is 8.82. The van der Waals surface area contributed by atoms with Gasteiger partial charge in [-0.3, -0.25) is 4.79 Å². The van der Waals surface area contributed by atoms with Gasteiger partial charge in [-0.05, 0) is 19.3 Å². The lowest BCUT2D eigenvalue weighted by Crippen LogP contribution is -2.25. The smallest absolute Gasteiger partial charge is 0.355 e. The van der Waals surface area contributed by atoms with E-state index < -0.39 is 5.97 Å². The number of aromatic carboxylic acids is 1. The van der Waals surface area contributed by atoms with Gasteiger partial charge in [0.2, 0.25) is 0 Å². The number of hydrogen-bond acceptors (Lipinski definition) is 7. The van der Waals surface area contributed by atoms with Crippen LogP contribution in [0.5, 0.6) is 0 Å². The molecule has 0 spiro atoms. The fourth-order valence-corrected chi connectivity index (χ4v) is 4.60. The number of thioether (sulfide) groups is 1. The first-order valence-electron chi connectivity index (χ1n) is 6.95. The van der Waals surface area contributed by atoms with Gasteiger partial charge in [-0.1, -0.05) is 11.8 Å². The molecule has 2 rings (SSSR count). The number of rotatable bonds is 7. The van der Waals surface area contributed by atoms with Gasteiger partial charge in [-0.15, -0.1) is 11.3 Å². The van der Waals surface area contributed by atoms with Crippen LogP contribution in [-0.4, -0.2) is 40.2 Å². The summed E-state index contributed by atoms with van der Waals surface area (Å²) >= 11 is 2.76. The number of thiazole rings is 1. The summed E-state index contributed by atoms with van der Waals surface area (Å²) in [5.74, 6) is -0.682. The van der Waals surface area contributed by atoms with Crippen molar-refractivity contribution < 1.29 is 24.2 Å². The van der Waals surface area contributed by atoms with Crippen LogP contribution in [0.3, 0.4) is 0 Å². The highest BCUT2D eigenvalue weighted by Gasteiger charge is 2.37. The van der Waals surface area contributed by atoms with Gasteiger partial charge in [0.1, 0.15) is 12.4 Å². The van der Waals surface area contributed by atoms with E-state index in [2.05, 4.69) is 4.98 Å². The molecule has 0 aromatic carbocycles. The topological polar surface area (TPSA) is 93.6 Å². The lowest BCUT2D eigenvalue weighted by Gasteiger charge is -2.21. The predicted octanol–water partition coefficient (Wildman–Crippen LogP) is 2.48. The molecule has 0 saturated heterocycles. The molecule has 1 fully saturated rings. The molecule has 8 heteroatoms. The molecule has 22 heavy (non-hydrogen) atoms. The molecule has 1 aliphatic rings. The lowest BCUT2D eigenvalue weighted by molar-refractivity contribution is -0.148. The first kappa shape index (κ1) is 17.0. The zero-order valence-corrected chi connectivity index (χ0v) is 13.7. The van der Waals surface area contributed by atoms with Crippen molar-refractivity contribution >= 4 is 41.3 Å². The summed E-state index contributed by atoms with van der Waals surface area (Å²) in [7, 11) is 0. The zero-order valence-electron chi connectivity index (χ0n) is 12.1. The van der Waals surface area contributed by atoms with E-state index in [9.17, 15) is 14.4 Å². The summed E-state index contributed by atoms with van der Waals surface area (Å²) in [5.41, 5.74) is 0.0527. The van der Waals surface area contributed by atoms with Crippen LogP contribution in [0.2, 0.25) is 0 Å². The molecule has 6 nitrogen and oxygen atoms in total. The Labute approximate surface area is 136 Å². The summed E-state index contributed by atoms with van der Waals surface area (Å²) in [6.45, 7) is 1.38. The van der Waals surface area contributed by atoms with E-state index in [1.807, 2.05) is 0 Å². The Kier molecular flexibility index (Phi) is 5.96. The number of hydrogen-bond donors (Lipinski definition) is 1. The summed E-state index contributed by atoms with van der Waals surface area (Å²) in [4.78, 5) is 37.0. The number of aldehydes is 1. The minimum absolute atomic E-state index is 0.0350. The van der Waals surface area contributed by atoms with Crippen LogP contribution in [0.4, 0.5) is 0 Å². The van der Waals surface area contributed by atoms with Crippen molar-refractivity contribution in [3.8, 4) is 0 Å². The van der Waals surface area contributed by atoms with Gasteiger partial charge in [0.25, 0.3) is 0 Å². The maximum absolute atomic E-state index is 11.1. The van der Waals surface area contributed by atoms with Gasteiger partial charge in [0, 0.05) is 29.9 Å². The number of ether oxygens (including phenoxy) is 1. The normalized spacial score (nSPS) is 24.1. The molecule has 1 saturated carbocycles. The van der Waals surface area contributed by atoms with Crippen molar-refractivity contribution in [2.24, 2.45) is 11.8 Å². The van der Waals surface area contributed by atoms with E-state index in [1.165, 1.54) is 35.4 Å². The van der Waals surface area contributed by atoms with Crippen molar-refractivity contribution in [1.29, 1.82) is 0 Å². The molecule has 1 aliphatic carbocycles. The molecule has 1 heterocycles. The fourth-order valence-electron chi connectivity index (χ4n) is 2.69. The Morgan fingerprint density at radius 2 is 2.32 bits per heavy atom. The number of nitrogens with zero attached hydrogens (tertiary/aromatic N) is 1. The lowest BCUT2D eigenvalue weighted by atomic mass is 9.93. The average molecular weight is 343 g/mol. The summed E-state index contributed by atoms with van der Waals surface area (Å²) in [5, 5.41) is 10.3. The molecule has 3 atom stereocenters. The largest absolute Gasteiger partial charge is 0.476 e. The first-order chi connectivity index (χ1) is 10.5. The molecule has 1 N–H and O–H groups in total. The molecule has 1 aromatic rings. The quantitative estimate of drug-likeness (QED) is 0.462. The molecule has 1 aromatic heterocycles. The number of esters is 1. The molecule has 3 unspecified atom stereocenters.